The van der Waals surface area contributed by atoms with Gasteiger partial charge >= 0.3 is 11.9 Å². The first-order valence-corrected chi connectivity index (χ1v) is 12.9. The van der Waals surface area contributed by atoms with Crippen LogP contribution in [-0.4, -0.2) is 123 Å². The number of hydrogen-bond acceptors (Lipinski definition) is 8. The van der Waals surface area contributed by atoms with E-state index in [0.29, 0.717) is 0 Å². The molecule has 0 spiro atoms. The molecule has 2 aromatic carbocycles. The van der Waals surface area contributed by atoms with E-state index in [2.05, 4.69) is 0 Å². The normalized spacial score (nSPS) is 16.9. The van der Waals surface area contributed by atoms with Crippen LogP contribution < -0.4 is 0 Å². The predicted octanol–water partition coefficient (Wildman–Crippen LogP) is 1.75. The van der Waals surface area contributed by atoms with Crippen molar-refractivity contribution in [3.63, 3.8) is 0 Å². The fourth-order valence-electron chi connectivity index (χ4n) is 4.03. The van der Waals surface area contributed by atoms with Crippen LogP contribution in [-0.2, 0) is 18.9 Å². The Labute approximate surface area is 232 Å². The highest BCUT2D eigenvalue weighted by Gasteiger charge is 2.23. The molecule has 0 bridgehead atoms. The molecule has 12 nitrogen and oxygen atoms in total. The third-order valence-corrected chi connectivity index (χ3v) is 6.12. The summed E-state index contributed by atoms with van der Waals surface area (Å²) < 4.78 is 22.5. The molecule has 0 saturated carbocycles. The van der Waals surface area contributed by atoms with Crippen molar-refractivity contribution >= 4 is 23.8 Å². The molecule has 1 saturated heterocycles. The largest absolute Gasteiger partial charge is 0.478 e. The minimum atomic E-state index is -1.18. The zero-order valence-corrected chi connectivity index (χ0v) is 22.2. The van der Waals surface area contributed by atoms with Crippen molar-refractivity contribution in [1.29, 1.82) is 0 Å². The first-order valence-electron chi connectivity index (χ1n) is 12.9. The number of ether oxygens (including phenoxy) is 4. The van der Waals surface area contributed by atoms with Crippen LogP contribution in [0.3, 0.4) is 0 Å². The van der Waals surface area contributed by atoms with Crippen LogP contribution in [0.5, 0.6) is 0 Å². The fraction of sp³-hybridized carbons (Fsp3) is 0.429. The van der Waals surface area contributed by atoms with Gasteiger partial charge < -0.3 is 39.0 Å². The number of rotatable bonds is 4. The third-order valence-electron chi connectivity index (χ3n) is 6.12. The predicted molar refractivity (Wildman–Crippen MR) is 142 cm³/mol. The molecule has 2 amide bonds. The highest BCUT2D eigenvalue weighted by Crippen LogP contribution is 2.14. The van der Waals surface area contributed by atoms with E-state index in [0.717, 1.165) is 0 Å². The maximum Gasteiger partial charge on any atom is 0.336 e. The second-order valence-corrected chi connectivity index (χ2v) is 8.74. The lowest BCUT2D eigenvalue weighted by molar-refractivity contribution is 0.00883. The van der Waals surface area contributed by atoms with Gasteiger partial charge in [-0.2, -0.15) is 0 Å². The third kappa shape index (κ3) is 9.12. The van der Waals surface area contributed by atoms with Gasteiger partial charge in [0, 0.05) is 26.2 Å². The lowest BCUT2D eigenvalue weighted by Crippen LogP contribution is -2.38. The Morgan fingerprint density at radius 1 is 0.475 bits per heavy atom. The molecule has 1 fully saturated rings. The summed E-state index contributed by atoms with van der Waals surface area (Å²) in [5, 5.41) is 18.9. The van der Waals surface area contributed by atoms with Gasteiger partial charge in [-0.3, -0.25) is 9.59 Å². The SMILES string of the molecule is O=C(O)c1ccccc1C(=O)N1CCOCCOCCN(C(=O)c2ccccc2C(=O)O)CCOCCOCC1. The number of aromatic carboxylic acids is 2. The van der Waals surface area contributed by atoms with E-state index in [1.54, 1.807) is 24.3 Å². The molecule has 40 heavy (non-hydrogen) atoms. The molecule has 1 aliphatic rings. The van der Waals surface area contributed by atoms with E-state index in [4.69, 9.17) is 18.9 Å². The van der Waals surface area contributed by atoms with Gasteiger partial charge in [0.2, 0.25) is 0 Å². The number of carbonyl (C=O) groups is 4. The van der Waals surface area contributed by atoms with E-state index >= 15 is 0 Å². The van der Waals surface area contributed by atoms with Gasteiger partial charge in [0.25, 0.3) is 11.8 Å². The van der Waals surface area contributed by atoms with E-state index in [9.17, 15) is 29.4 Å². The van der Waals surface area contributed by atoms with Crippen molar-refractivity contribution in [3.05, 3.63) is 70.8 Å². The van der Waals surface area contributed by atoms with Crippen molar-refractivity contribution in [2.75, 3.05) is 79.0 Å². The van der Waals surface area contributed by atoms with Gasteiger partial charge in [-0.05, 0) is 24.3 Å². The molecule has 0 unspecified atom stereocenters. The Morgan fingerprint density at radius 2 is 0.750 bits per heavy atom. The molecule has 0 aromatic heterocycles. The molecule has 3 rings (SSSR count). The van der Waals surface area contributed by atoms with Crippen molar-refractivity contribution < 1.29 is 48.3 Å². The number of carboxylic acids is 2. The fourth-order valence-corrected chi connectivity index (χ4v) is 4.03. The molecular weight excluding hydrogens is 524 g/mol. The molecule has 2 aromatic rings. The van der Waals surface area contributed by atoms with E-state index in [1.807, 2.05) is 0 Å². The standard InChI is InChI=1S/C28H34N2O10/c31-25(21-5-1-3-7-23(21)27(33)34)29-9-13-37-17-19-39-15-11-30(12-16-40-20-18-38-14-10-29)26(32)22-6-2-4-8-24(22)28(35)36/h1-8H,9-20H2,(H,33,34)(H,35,36). The Morgan fingerprint density at radius 3 is 1.02 bits per heavy atom. The average Bonchev–Trinajstić information content (AvgIpc) is 2.96. The molecule has 216 valence electrons. The summed E-state index contributed by atoms with van der Waals surface area (Å²) in [5.41, 5.74) is 0.0342. The minimum Gasteiger partial charge on any atom is -0.478 e. The molecule has 0 atom stereocenters. The lowest BCUT2D eigenvalue weighted by Gasteiger charge is -2.24. The van der Waals surface area contributed by atoms with Gasteiger partial charge in [0.05, 0.1) is 75.1 Å². The van der Waals surface area contributed by atoms with Crippen LogP contribution in [0, 0.1) is 0 Å². The van der Waals surface area contributed by atoms with Gasteiger partial charge in [-0.1, -0.05) is 24.3 Å². The van der Waals surface area contributed by atoms with E-state index in [1.165, 1.54) is 34.1 Å². The Bertz CT molecular complexity index is 1050. The van der Waals surface area contributed by atoms with E-state index < -0.39 is 23.8 Å². The Kier molecular flexibility index (Phi) is 12.5. The van der Waals surface area contributed by atoms with Crippen LogP contribution >= 0.6 is 0 Å². The first kappa shape index (κ1) is 30.7. The van der Waals surface area contributed by atoms with Gasteiger partial charge in [-0.25, -0.2) is 9.59 Å². The van der Waals surface area contributed by atoms with Gasteiger partial charge in [0.15, 0.2) is 0 Å². The number of carboxylic acid groups (broad SMARTS) is 2. The first-order chi connectivity index (χ1) is 19.4. The topological polar surface area (TPSA) is 152 Å². The number of amides is 2. The summed E-state index contributed by atoms with van der Waals surface area (Å²) in [7, 11) is 0. The monoisotopic (exact) mass is 558 g/mol. The summed E-state index contributed by atoms with van der Waals surface area (Å²) in [6.45, 7) is 2.63. The van der Waals surface area contributed by atoms with Crippen LogP contribution in [0.15, 0.2) is 48.5 Å². The Hall–Kier alpha value is -3.84. The summed E-state index contributed by atoms with van der Waals surface area (Å²) in [6, 6.07) is 12.1. The average molecular weight is 559 g/mol. The zero-order valence-electron chi connectivity index (χ0n) is 22.2. The molecule has 2 N–H and O–H groups in total. The van der Waals surface area contributed by atoms with Crippen molar-refractivity contribution in [3.8, 4) is 0 Å². The molecule has 12 heteroatoms. The molecular formula is C28H34N2O10. The summed E-state index contributed by atoms with van der Waals surface area (Å²) in [4.78, 5) is 52.4. The number of carbonyl (C=O) groups excluding carboxylic acids is 2. The molecule has 0 radical (unpaired) electrons. The van der Waals surface area contributed by atoms with Crippen LogP contribution in [0.2, 0.25) is 0 Å². The Balaban J connectivity index is 1.59. The molecule has 0 aliphatic carbocycles. The van der Waals surface area contributed by atoms with Crippen LogP contribution in [0.25, 0.3) is 0 Å². The maximum absolute atomic E-state index is 13.1. The van der Waals surface area contributed by atoms with Crippen molar-refractivity contribution in [2.45, 2.75) is 0 Å². The smallest absolute Gasteiger partial charge is 0.336 e. The quantitative estimate of drug-likeness (QED) is 0.568. The highest BCUT2D eigenvalue weighted by molar-refractivity contribution is 6.05. The summed E-state index contributed by atoms with van der Waals surface area (Å²) in [5.74, 6) is -3.22. The molecule has 1 aliphatic heterocycles. The van der Waals surface area contributed by atoms with Crippen molar-refractivity contribution in [1.82, 2.24) is 9.80 Å². The lowest BCUT2D eigenvalue weighted by atomic mass is 10.1. The van der Waals surface area contributed by atoms with Crippen molar-refractivity contribution in [2.24, 2.45) is 0 Å². The highest BCUT2D eigenvalue weighted by atomic mass is 16.5. The van der Waals surface area contributed by atoms with E-state index in [-0.39, 0.29) is 101 Å². The van der Waals surface area contributed by atoms with Crippen LogP contribution in [0.4, 0.5) is 0 Å². The maximum atomic E-state index is 13.1. The van der Waals surface area contributed by atoms with Gasteiger partial charge in [0.1, 0.15) is 0 Å². The minimum absolute atomic E-state index is 0.0745. The second-order valence-electron chi connectivity index (χ2n) is 8.74. The summed E-state index contributed by atoms with van der Waals surface area (Å²) in [6.07, 6.45) is 0. The second kappa shape index (κ2) is 16.3. The zero-order chi connectivity index (χ0) is 28.7. The van der Waals surface area contributed by atoms with Crippen LogP contribution in [0.1, 0.15) is 41.4 Å². The molecule has 1 heterocycles. The number of nitrogens with zero attached hydrogens (tertiary/aromatic N) is 2. The number of hydrogen-bond donors (Lipinski definition) is 2. The summed E-state index contributed by atoms with van der Waals surface area (Å²) >= 11 is 0. The number of benzene rings is 2. The van der Waals surface area contributed by atoms with Gasteiger partial charge in [-0.15, -0.1) is 0 Å².